The van der Waals surface area contributed by atoms with Gasteiger partial charge in [-0.2, -0.15) is 0 Å². The average molecular weight is 308 g/mol. The summed E-state index contributed by atoms with van der Waals surface area (Å²) in [6.07, 6.45) is 0.129. The fraction of sp³-hybridized carbons (Fsp3) is 0.100. The van der Waals surface area contributed by atoms with E-state index in [1.54, 1.807) is 0 Å². The molecule has 3 aromatic rings. The van der Waals surface area contributed by atoms with Gasteiger partial charge in [0.05, 0.1) is 0 Å². The number of rotatable bonds is 4. The third kappa shape index (κ3) is 2.09. The van der Waals surface area contributed by atoms with E-state index in [1.807, 2.05) is 18.2 Å². The van der Waals surface area contributed by atoms with Crippen molar-refractivity contribution in [1.29, 1.82) is 0 Å². The van der Waals surface area contributed by atoms with Crippen molar-refractivity contribution in [2.24, 2.45) is 0 Å². The second-order valence-electron chi connectivity index (χ2n) is 5.94. The van der Waals surface area contributed by atoms with Crippen LogP contribution in [0.15, 0.2) is 91.0 Å². The number of benzene rings is 3. The molecule has 0 saturated heterocycles. The molecule has 0 aliphatic rings. The van der Waals surface area contributed by atoms with Gasteiger partial charge >= 0.3 is 132 Å². The second-order valence-corrected chi connectivity index (χ2v) is 11.4. The van der Waals surface area contributed by atoms with Crippen molar-refractivity contribution in [1.82, 2.24) is 0 Å². The summed E-state index contributed by atoms with van der Waals surface area (Å²) in [6, 6.07) is 31.3. The molecule has 0 saturated carbocycles. The predicted molar refractivity (Wildman–Crippen MR) is 98.2 cm³/mol. The Morgan fingerprint density at radius 1 is 0.591 bits per heavy atom. The van der Waals surface area contributed by atoms with E-state index in [1.165, 1.54) is 15.9 Å². The zero-order valence-electron chi connectivity index (χ0n) is 12.8. The Kier molecular flexibility index (Phi) is 3.87. The van der Waals surface area contributed by atoms with Crippen LogP contribution in [0.4, 0.5) is 0 Å². The Labute approximate surface area is 132 Å². The monoisotopic (exact) mass is 308 g/mol. The molecule has 2 heteroatoms. The topological polar surface area (TPSA) is 20.2 Å². The van der Waals surface area contributed by atoms with Gasteiger partial charge in [0.2, 0.25) is 0 Å². The molecule has 0 aliphatic heterocycles. The van der Waals surface area contributed by atoms with E-state index in [0.29, 0.717) is 0 Å². The van der Waals surface area contributed by atoms with E-state index in [2.05, 4.69) is 79.5 Å². The summed E-state index contributed by atoms with van der Waals surface area (Å²) in [6.45, 7) is -0.589. The molecule has 1 nitrogen and oxygen atoms in total. The molecule has 0 bridgehead atoms. The summed E-state index contributed by atoms with van der Waals surface area (Å²) >= 11 is 0. The number of aliphatic hydroxyl groups is 1. The van der Waals surface area contributed by atoms with Gasteiger partial charge in [0, 0.05) is 0 Å². The summed E-state index contributed by atoms with van der Waals surface area (Å²) in [7, 11) is 0. The van der Waals surface area contributed by atoms with Crippen LogP contribution in [0.5, 0.6) is 0 Å². The van der Waals surface area contributed by atoms with E-state index in [9.17, 15) is 5.11 Å². The van der Waals surface area contributed by atoms with Crippen LogP contribution in [0.1, 0.15) is 0 Å². The third-order valence-corrected chi connectivity index (χ3v) is 10.5. The van der Waals surface area contributed by atoms with E-state index in [4.69, 9.17) is 0 Å². The summed E-state index contributed by atoms with van der Waals surface area (Å²) in [5.74, 6) is 0. The van der Waals surface area contributed by atoms with Gasteiger partial charge in [-0.3, -0.25) is 0 Å². The third-order valence-electron chi connectivity index (χ3n) is 4.72. The Balaban J connectivity index is 2.41. The fourth-order valence-corrected chi connectivity index (χ4v) is 7.51. The van der Waals surface area contributed by atoms with Crippen molar-refractivity contribution >= 4 is 22.5 Å². The first-order chi connectivity index (χ1) is 10.7. The normalized spacial score (nSPS) is 13.3. The van der Waals surface area contributed by atoms with Crippen molar-refractivity contribution in [3.63, 3.8) is 0 Å². The van der Waals surface area contributed by atoms with Gasteiger partial charge in [-0.1, -0.05) is 0 Å². The molecule has 0 heterocycles. The quantitative estimate of drug-likeness (QED) is 0.734. The number of hydrogen-bond donors (Lipinski definition) is 1. The minimum atomic E-state index is -2.84. The molecule has 0 amide bonds. The van der Waals surface area contributed by atoms with Crippen molar-refractivity contribution in [3.05, 3.63) is 91.0 Å². The van der Waals surface area contributed by atoms with Crippen molar-refractivity contribution < 1.29 is 5.11 Å². The molecule has 1 N–H and O–H groups in total. The van der Waals surface area contributed by atoms with Gasteiger partial charge in [0.25, 0.3) is 0 Å². The van der Waals surface area contributed by atoms with Gasteiger partial charge in [-0.25, -0.2) is 0 Å². The van der Waals surface area contributed by atoms with E-state index in [0.717, 1.165) is 0 Å². The summed E-state index contributed by atoms with van der Waals surface area (Å²) < 4.78 is 0. The van der Waals surface area contributed by atoms with Crippen LogP contribution in [0.25, 0.3) is 0 Å². The van der Waals surface area contributed by atoms with E-state index < -0.39 is 6.60 Å². The molecular formula is C20H21OP. The van der Waals surface area contributed by atoms with Gasteiger partial charge < -0.3 is 0 Å². The zero-order valence-corrected chi connectivity index (χ0v) is 13.7. The Morgan fingerprint density at radius 2 is 0.864 bits per heavy atom. The molecule has 3 aromatic carbocycles. The van der Waals surface area contributed by atoms with Crippen LogP contribution < -0.4 is 15.9 Å². The molecule has 0 atom stereocenters. The van der Waals surface area contributed by atoms with Crippen molar-refractivity contribution in [2.75, 3.05) is 13.0 Å². The maximum atomic E-state index is 10.7. The average Bonchev–Trinajstić information content (AvgIpc) is 2.63. The number of hydrogen-bond acceptors (Lipinski definition) is 1. The standard InChI is InChI=1S/C20H21OP/c1-22(17-21,18-11-5-2-6-12-18,19-13-7-3-8-14-19)20-15-9-4-10-16-20/h2-16,21H,17H2,1H3. The first-order valence-electron chi connectivity index (χ1n) is 7.48. The van der Waals surface area contributed by atoms with Crippen LogP contribution in [0.3, 0.4) is 0 Å². The van der Waals surface area contributed by atoms with Gasteiger partial charge in [0.1, 0.15) is 0 Å². The SMILES string of the molecule is CP(CO)(c1ccccc1)(c1ccccc1)c1ccccc1. The molecule has 0 fully saturated rings. The van der Waals surface area contributed by atoms with Crippen LogP contribution in [0.2, 0.25) is 0 Å². The predicted octanol–water partition coefficient (Wildman–Crippen LogP) is 3.10. The van der Waals surface area contributed by atoms with E-state index >= 15 is 0 Å². The maximum absolute atomic E-state index is 10.7. The molecule has 0 aromatic heterocycles. The minimum absolute atomic E-state index is 0.129. The fourth-order valence-electron chi connectivity index (χ4n) is 3.19. The summed E-state index contributed by atoms with van der Waals surface area (Å²) in [5.41, 5.74) is 0. The van der Waals surface area contributed by atoms with Gasteiger partial charge in [0.15, 0.2) is 0 Å². The first-order valence-corrected chi connectivity index (χ1v) is 10.4. The van der Waals surface area contributed by atoms with Gasteiger partial charge in [-0.05, 0) is 0 Å². The Hall–Kier alpha value is -1.95. The second kappa shape index (κ2) is 5.68. The van der Waals surface area contributed by atoms with Crippen molar-refractivity contribution in [2.45, 2.75) is 0 Å². The zero-order chi connectivity index (χ0) is 15.5. The molecule has 22 heavy (non-hydrogen) atoms. The van der Waals surface area contributed by atoms with E-state index in [-0.39, 0.29) is 6.35 Å². The Bertz CT molecular complexity index is 639. The number of aliphatic hydroxyl groups excluding tert-OH is 1. The summed E-state index contributed by atoms with van der Waals surface area (Å²) in [5, 5.41) is 14.3. The first kappa shape index (κ1) is 15.0. The van der Waals surface area contributed by atoms with Crippen LogP contribution >= 0.6 is 6.60 Å². The Morgan fingerprint density at radius 3 is 1.09 bits per heavy atom. The molecule has 112 valence electrons. The molecule has 0 radical (unpaired) electrons. The molecular weight excluding hydrogens is 287 g/mol. The van der Waals surface area contributed by atoms with Gasteiger partial charge in [-0.15, -0.1) is 0 Å². The van der Waals surface area contributed by atoms with Crippen LogP contribution in [-0.2, 0) is 0 Å². The van der Waals surface area contributed by atoms with Crippen LogP contribution in [0, 0.1) is 0 Å². The van der Waals surface area contributed by atoms with Crippen molar-refractivity contribution in [3.8, 4) is 0 Å². The van der Waals surface area contributed by atoms with Crippen LogP contribution in [-0.4, -0.2) is 18.1 Å². The molecule has 0 unspecified atom stereocenters. The summed E-state index contributed by atoms with van der Waals surface area (Å²) in [4.78, 5) is 0. The molecule has 3 rings (SSSR count). The molecule has 0 spiro atoms. The molecule has 0 aliphatic carbocycles.